The third kappa shape index (κ3) is 3.78. The maximum Gasteiger partial charge on any atom is 0.248 e. The molecule has 0 bridgehead atoms. The van der Waals surface area contributed by atoms with Crippen LogP contribution in [0.4, 0.5) is 5.95 Å². The molecule has 0 saturated heterocycles. The van der Waals surface area contributed by atoms with Crippen LogP contribution in [0, 0.1) is 0 Å². The molecule has 0 aliphatic rings. The van der Waals surface area contributed by atoms with Crippen LogP contribution in [-0.2, 0) is 17.9 Å². The average molecular weight is 288 g/mol. The third-order valence-electron chi connectivity index (χ3n) is 2.94. The van der Waals surface area contributed by atoms with Gasteiger partial charge in [-0.3, -0.25) is 9.59 Å². The summed E-state index contributed by atoms with van der Waals surface area (Å²) in [5, 5.41) is 3.86. The van der Waals surface area contributed by atoms with Crippen molar-refractivity contribution in [1.29, 1.82) is 0 Å². The highest BCUT2D eigenvalue weighted by Gasteiger charge is 2.11. The van der Waals surface area contributed by atoms with E-state index in [1.54, 1.807) is 36.2 Å². The minimum atomic E-state index is -0.477. The molecule has 2 amide bonds. The zero-order valence-electron chi connectivity index (χ0n) is 11.6. The van der Waals surface area contributed by atoms with Crippen molar-refractivity contribution in [3.63, 3.8) is 0 Å². The number of hydrogen-bond donors (Lipinski definition) is 2. The summed E-state index contributed by atoms with van der Waals surface area (Å²) in [6, 6.07) is 6.79. The fourth-order valence-electron chi connectivity index (χ4n) is 1.78. The van der Waals surface area contributed by atoms with Crippen molar-refractivity contribution < 1.29 is 9.59 Å². The van der Waals surface area contributed by atoms with Crippen LogP contribution in [0.15, 0.2) is 30.6 Å². The monoisotopic (exact) mass is 288 g/mol. The number of anilines is 1. The summed E-state index contributed by atoms with van der Waals surface area (Å²) in [5.41, 5.74) is 11.9. The van der Waals surface area contributed by atoms with Gasteiger partial charge in [-0.05, 0) is 17.7 Å². The van der Waals surface area contributed by atoms with Gasteiger partial charge in [-0.15, -0.1) is 5.10 Å². The van der Waals surface area contributed by atoms with Gasteiger partial charge in [0.05, 0.1) is 0 Å². The van der Waals surface area contributed by atoms with Crippen molar-refractivity contribution >= 4 is 17.8 Å². The zero-order chi connectivity index (χ0) is 15.4. The lowest BCUT2D eigenvalue weighted by Gasteiger charge is -2.17. The molecule has 0 saturated carbocycles. The molecule has 1 heterocycles. The molecule has 0 aliphatic heterocycles. The van der Waals surface area contributed by atoms with Crippen molar-refractivity contribution in [2.75, 3.05) is 12.8 Å². The standard InChI is InChI=1S/C13H16N6O2/c1-18(11(20)7-19-8-16-13(15)17-19)6-9-2-4-10(5-3-9)12(14)21/h2-5,8H,6-7H2,1H3,(H2,14,21)(H2,15,17). The Labute approximate surface area is 121 Å². The molecule has 0 aliphatic carbocycles. The predicted molar refractivity (Wildman–Crippen MR) is 75.9 cm³/mol. The third-order valence-corrected chi connectivity index (χ3v) is 2.94. The second-order valence-electron chi connectivity index (χ2n) is 4.61. The zero-order valence-corrected chi connectivity index (χ0v) is 11.6. The number of primary amides is 1. The second-order valence-corrected chi connectivity index (χ2v) is 4.61. The van der Waals surface area contributed by atoms with E-state index in [2.05, 4.69) is 10.1 Å². The van der Waals surface area contributed by atoms with Crippen LogP contribution in [0.1, 0.15) is 15.9 Å². The Balaban J connectivity index is 1.95. The molecule has 8 heteroatoms. The van der Waals surface area contributed by atoms with Crippen LogP contribution >= 0.6 is 0 Å². The lowest BCUT2D eigenvalue weighted by atomic mass is 10.1. The van der Waals surface area contributed by atoms with Gasteiger partial charge in [-0.1, -0.05) is 12.1 Å². The number of likely N-dealkylation sites (N-methyl/N-ethyl adjacent to an activating group) is 1. The van der Waals surface area contributed by atoms with E-state index in [0.717, 1.165) is 5.56 Å². The minimum Gasteiger partial charge on any atom is -0.367 e. The quantitative estimate of drug-likeness (QED) is 0.776. The van der Waals surface area contributed by atoms with E-state index in [9.17, 15) is 9.59 Å². The van der Waals surface area contributed by atoms with Crippen molar-refractivity contribution in [2.24, 2.45) is 5.73 Å². The number of nitrogens with zero attached hydrogens (tertiary/aromatic N) is 4. The first-order valence-corrected chi connectivity index (χ1v) is 6.23. The molecule has 8 nitrogen and oxygen atoms in total. The molecule has 0 spiro atoms. The van der Waals surface area contributed by atoms with Crippen LogP contribution in [0.5, 0.6) is 0 Å². The van der Waals surface area contributed by atoms with Crippen LogP contribution in [-0.4, -0.2) is 38.5 Å². The number of nitrogen functional groups attached to an aromatic ring is 1. The number of benzene rings is 1. The first-order chi connectivity index (χ1) is 9.95. The van der Waals surface area contributed by atoms with E-state index in [4.69, 9.17) is 11.5 Å². The first-order valence-electron chi connectivity index (χ1n) is 6.23. The molecule has 21 heavy (non-hydrogen) atoms. The highest BCUT2D eigenvalue weighted by Crippen LogP contribution is 2.07. The summed E-state index contributed by atoms with van der Waals surface area (Å²) in [5.74, 6) is -0.471. The maximum atomic E-state index is 12.0. The molecule has 2 aromatic rings. The van der Waals surface area contributed by atoms with Crippen molar-refractivity contribution in [3.05, 3.63) is 41.7 Å². The van der Waals surface area contributed by atoms with E-state index in [1.807, 2.05) is 0 Å². The number of carbonyl (C=O) groups excluding carboxylic acids is 2. The predicted octanol–water partition coefficient (Wildman–Crippen LogP) is -0.382. The second kappa shape index (κ2) is 6.04. The van der Waals surface area contributed by atoms with Crippen molar-refractivity contribution in [2.45, 2.75) is 13.1 Å². The Morgan fingerprint density at radius 2 is 1.95 bits per heavy atom. The van der Waals surface area contributed by atoms with Crippen LogP contribution in [0.2, 0.25) is 0 Å². The van der Waals surface area contributed by atoms with Gasteiger partial charge in [-0.2, -0.15) is 0 Å². The Kier molecular flexibility index (Phi) is 4.17. The lowest BCUT2D eigenvalue weighted by Crippen LogP contribution is -2.30. The molecular weight excluding hydrogens is 272 g/mol. The number of carbonyl (C=O) groups is 2. The van der Waals surface area contributed by atoms with Gasteiger partial charge in [-0.25, -0.2) is 9.67 Å². The molecule has 0 radical (unpaired) electrons. The van der Waals surface area contributed by atoms with Crippen molar-refractivity contribution in [3.8, 4) is 0 Å². The SMILES string of the molecule is CN(Cc1ccc(C(N)=O)cc1)C(=O)Cn1cnc(N)n1. The number of rotatable bonds is 5. The summed E-state index contributed by atoms with van der Waals surface area (Å²) in [6.07, 6.45) is 1.41. The lowest BCUT2D eigenvalue weighted by molar-refractivity contribution is -0.131. The van der Waals surface area contributed by atoms with E-state index in [-0.39, 0.29) is 18.4 Å². The van der Waals surface area contributed by atoms with E-state index >= 15 is 0 Å². The molecule has 0 atom stereocenters. The summed E-state index contributed by atoms with van der Waals surface area (Å²) >= 11 is 0. The Morgan fingerprint density at radius 1 is 1.29 bits per heavy atom. The normalized spacial score (nSPS) is 10.3. The van der Waals surface area contributed by atoms with Gasteiger partial charge in [0.2, 0.25) is 17.8 Å². The summed E-state index contributed by atoms with van der Waals surface area (Å²) in [7, 11) is 1.69. The molecule has 4 N–H and O–H groups in total. The summed E-state index contributed by atoms with van der Waals surface area (Å²) in [4.78, 5) is 28.3. The Bertz CT molecular complexity index is 649. The molecule has 1 aromatic carbocycles. The van der Waals surface area contributed by atoms with Gasteiger partial charge >= 0.3 is 0 Å². The molecule has 1 aromatic heterocycles. The number of aromatic nitrogens is 3. The molecular formula is C13H16N6O2. The van der Waals surface area contributed by atoms with E-state index in [1.165, 1.54) is 11.0 Å². The molecule has 0 fully saturated rings. The van der Waals surface area contributed by atoms with Gasteiger partial charge < -0.3 is 16.4 Å². The topological polar surface area (TPSA) is 120 Å². The van der Waals surface area contributed by atoms with Gasteiger partial charge in [0.25, 0.3) is 0 Å². The van der Waals surface area contributed by atoms with Gasteiger partial charge in [0.15, 0.2) is 0 Å². The van der Waals surface area contributed by atoms with Gasteiger partial charge in [0, 0.05) is 19.2 Å². The fraction of sp³-hybridized carbons (Fsp3) is 0.231. The maximum absolute atomic E-state index is 12.0. The van der Waals surface area contributed by atoms with Crippen LogP contribution < -0.4 is 11.5 Å². The Hall–Kier alpha value is -2.90. The number of amides is 2. The highest BCUT2D eigenvalue weighted by atomic mass is 16.2. The number of nitrogens with two attached hydrogens (primary N) is 2. The minimum absolute atomic E-state index is 0.0695. The van der Waals surface area contributed by atoms with E-state index < -0.39 is 5.91 Å². The molecule has 0 unspecified atom stereocenters. The Morgan fingerprint density at radius 3 is 2.48 bits per heavy atom. The largest absolute Gasteiger partial charge is 0.367 e. The van der Waals surface area contributed by atoms with E-state index in [0.29, 0.717) is 12.1 Å². The molecule has 2 rings (SSSR count). The fourth-order valence-corrected chi connectivity index (χ4v) is 1.78. The summed E-state index contributed by atoms with van der Waals surface area (Å²) < 4.78 is 1.38. The molecule has 110 valence electrons. The smallest absolute Gasteiger partial charge is 0.248 e. The number of hydrogen-bond acceptors (Lipinski definition) is 5. The summed E-state index contributed by atoms with van der Waals surface area (Å²) in [6.45, 7) is 0.488. The van der Waals surface area contributed by atoms with Crippen molar-refractivity contribution in [1.82, 2.24) is 19.7 Å². The van der Waals surface area contributed by atoms with Gasteiger partial charge in [0.1, 0.15) is 12.9 Å². The average Bonchev–Trinajstić information content (AvgIpc) is 2.84. The van der Waals surface area contributed by atoms with Crippen LogP contribution in [0.25, 0.3) is 0 Å². The highest BCUT2D eigenvalue weighted by molar-refractivity contribution is 5.92. The first kappa shape index (κ1) is 14.5. The van der Waals surface area contributed by atoms with Crippen LogP contribution in [0.3, 0.4) is 0 Å².